The first-order valence-corrected chi connectivity index (χ1v) is 10.6. The molecule has 0 saturated heterocycles. The zero-order chi connectivity index (χ0) is 23.0. The van der Waals surface area contributed by atoms with Gasteiger partial charge in [0.05, 0.1) is 15.6 Å². The summed E-state index contributed by atoms with van der Waals surface area (Å²) < 4.78 is 0. The lowest BCUT2D eigenvalue weighted by molar-refractivity contribution is -0.139. The predicted molar refractivity (Wildman–Crippen MR) is 120 cm³/mol. The number of aryl methyl sites for hydroxylation is 2. The molecule has 0 aliphatic heterocycles. The van der Waals surface area contributed by atoms with Crippen molar-refractivity contribution in [3.63, 3.8) is 0 Å². The van der Waals surface area contributed by atoms with Crippen LogP contribution in [0.4, 0.5) is 0 Å². The minimum absolute atomic E-state index is 0.0143. The van der Waals surface area contributed by atoms with E-state index >= 15 is 0 Å². The first kappa shape index (κ1) is 24.9. The first-order chi connectivity index (χ1) is 14.7. The molecule has 2 atom stereocenters. The van der Waals surface area contributed by atoms with Crippen molar-refractivity contribution in [2.24, 2.45) is 0 Å². The fourth-order valence-corrected chi connectivity index (χ4v) is 3.86. The van der Waals surface area contributed by atoms with Gasteiger partial charge in [-0.15, -0.1) is 0 Å². The van der Waals surface area contributed by atoms with Gasteiger partial charge in [0.1, 0.15) is 18.0 Å². The van der Waals surface area contributed by atoms with E-state index in [1.54, 1.807) is 37.4 Å². The molecule has 1 amide bonds. The predicted octanol–water partition coefficient (Wildman–Crippen LogP) is 3.38. The Morgan fingerprint density at radius 3 is 2.26 bits per heavy atom. The van der Waals surface area contributed by atoms with E-state index in [2.05, 4.69) is 10.6 Å². The van der Waals surface area contributed by atoms with Crippen LogP contribution in [0.2, 0.25) is 10.0 Å². The SMILES string of the molecule is CNC(O)CCC(NC(=O)c1c(Cl)cc(CCCc2cccc(O)c2)cc1Cl)C(=O)O. The number of phenols is 1. The molecule has 0 bridgehead atoms. The fraction of sp³-hybridized carbons (Fsp3) is 0.364. The number of benzene rings is 2. The van der Waals surface area contributed by atoms with Crippen LogP contribution in [0.25, 0.3) is 0 Å². The van der Waals surface area contributed by atoms with Crippen LogP contribution in [0, 0.1) is 0 Å². The highest BCUT2D eigenvalue weighted by Gasteiger charge is 2.24. The third-order valence-electron chi connectivity index (χ3n) is 4.84. The van der Waals surface area contributed by atoms with Crippen LogP contribution in [-0.4, -0.2) is 46.5 Å². The molecule has 9 heteroatoms. The average Bonchev–Trinajstić information content (AvgIpc) is 2.70. The van der Waals surface area contributed by atoms with Gasteiger partial charge in [0, 0.05) is 0 Å². The van der Waals surface area contributed by atoms with Gasteiger partial charge in [-0.25, -0.2) is 4.79 Å². The molecule has 2 aromatic rings. The van der Waals surface area contributed by atoms with Crippen LogP contribution in [0.1, 0.15) is 40.7 Å². The average molecular weight is 469 g/mol. The summed E-state index contributed by atoms with van der Waals surface area (Å²) in [6.45, 7) is 0. The van der Waals surface area contributed by atoms with Crippen molar-refractivity contribution in [1.29, 1.82) is 0 Å². The van der Waals surface area contributed by atoms with Gasteiger partial charge < -0.3 is 20.6 Å². The highest BCUT2D eigenvalue weighted by Crippen LogP contribution is 2.28. The van der Waals surface area contributed by atoms with Gasteiger partial charge in [-0.1, -0.05) is 35.3 Å². The smallest absolute Gasteiger partial charge is 0.326 e. The van der Waals surface area contributed by atoms with Crippen LogP contribution in [-0.2, 0) is 17.6 Å². The summed E-state index contributed by atoms with van der Waals surface area (Å²) in [5, 5.41) is 33.7. The molecule has 31 heavy (non-hydrogen) atoms. The Hall–Kier alpha value is -2.32. The Morgan fingerprint density at radius 2 is 1.68 bits per heavy atom. The lowest BCUT2D eigenvalue weighted by atomic mass is 10.0. The number of carboxylic acids is 1. The number of carbonyl (C=O) groups excluding carboxylic acids is 1. The molecule has 2 unspecified atom stereocenters. The van der Waals surface area contributed by atoms with Crippen molar-refractivity contribution in [3.05, 3.63) is 63.1 Å². The molecule has 168 valence electrons. The highest BCUT2D eigenvalue weighted by atomic mass is 35.5. The van der Waals surface area contributed by atoms with Gasteiger partial charge in [0.25, 0.3) is 5.91 Å². The van der Waals surface area contributed by atoms with E-state index in [9.17, 15) is 24.9 Å². The lowest BCUT2D eigenvalue weighted by Crippen LogP contribution is -2.42. The van der Waals surface area contributed by atoms with Gasteiger partial charge >= 0.3 is 5.97 Å². The van der Waals surface area contributed by atoms with Crippen LogP contribution in [0.3, 0.4) is 0 Å². The van der Waals surface area contributed by atoms with Crippen LogP contribution >= 0.6 is 23.2 Å². The summed E-state index contributed by atoms with van der Waals surface area (Å²) >= 11 is 12.6. The van der Waals surface area contributed by atoms with E-state index in [1.807, 2.05) is 6.07 Å². The number of hydrogen-bond acceptors (Lipinski definition) is 5. The van der Waals surface area contributed by atoms with E-state index in [-0.39, 0.29) is 34.2 Å². The number of amides is 1. The number of halogens is 2. The van der Waals surface area contributed by atoms with E-state index < -0.39 is 24.1 Å². The Labute approximate surface area is 191 Å². The summed E-state index contributed by atoms with van der Waals surface area (Å²) in [6, 6.07) is 9.14. The largest absolute Gasteiger partial charge is 0.508 e. The Morgan fingerprint density at radius 1 is 1.03 bits per heavy atom. The van der Waals surface area contributed by atoms with Crippen molar-refractivity contribution in [1.82, 2.24) is 10.6 Å². The second-order valence-corrected chi connectivity index (χ2v) is 8.02. The second-order valence-electron chi connectivity index (χ2n) is 7.20. The lowest BCUT2D eigenvalue weighted by Gasteiger charge is -2.18. The van der Waals surface area contributed by atoms with Crippen molar-refractivity contribution >= 4 is 35.1 Å². The molecule has 0 aromatic heterocycles. The van der Waals surface area contributed by atoms with E-state index in [1.165, 1.54) is 0 Å². The second kappa shape index (κ2) is 11.9. The minimum Gasteiger partial charge on any atom is -0.508 e. The number of nitrogens with one attached hydrogen (secondary N) is 2. The van der Waals surface area contributed by atoms with Crippen molar-refractivity contribution in [2.45, 2.75) is 44.4 Å². The maximum absolute atomic E-state index is 12.6. The number of aromatic hydroxyl groups is 1. The molecule has 2 aromatic carbocycles. The van der Waals surface area contributed by atoms with Crippen LogP contribution in [0.5, 0.6) is 5.75 Å². The molecule has 0 fully saturated rings. The summed E-state index contributed by atoms with van der Waals surface area (Å²) in [5.41, 5.74) is 1.87. The van der Waals surface area contributed by atoms with Crippen LogP contribution < -0.4 is 10.6 Å². The van der Waals surface area contributed by atoms with Crippen LogP contribution in [0.15, 0.2) is 36.4 Å². The molecule has 0 radical (unpaired) electrons. The number of carbonyl (C=O) groups is 2. The Balaban J connectivity index is 2.02. The molecular weight excluding hydrogens is 443 g/mol. The number of rotatable bonds is 11. The van der Waals surface area contributed by atoms with Gasteiger partial charge in [-0.2, -0.15) is 0 Å². The minimum atomic E-state index is -1.22. The molecule has 0 spiro atoms. The monoisotopic (exact) mass is 468 g/mol. The molecule has 0 aliphatic carbocycles. The van der Waals surface area contributed by atoms with Crippen molar-refractivity contribution < 1.29 is 24.9 Å². The number of aliphatic hydroxyl groups is 1. The molecule has 0 heterocycles. The zero-order valence-corrected chi connectivity index (χ0v) is 18.6. The normalized spacial score (nSPS) is 12.9. The maximum atomic E-state index is 12.6. The highest BCUT2D eigenvalue weighted by molar-refractivity contribution is 6.39. The van der Waals surface area contributed by atoms with Crippen molar-refractivity contribution in [3.8, 4) is 5.75 Å². The molecule has 0 saturated carbocycles. The molecule has 5 N–H and O–H groups in total. The number of hydrogen-bond donors (Lipinski definition) is 5. The molecule has 7 nitrogen and oxygen atoms in total. The molecular formula is C22H26Cl2N2O5. The van der Waals surface area contributed by atoms with Gasteiger partial charge in [0.2, 0.25) is 0 Å². The standard InChI is InChI=1S/C22H26Cl2N2O5/c1-25-19(28)9-8-18(22(30)31)26-21(29)20-16(23)11-14(12-17(20)24)6-2-4-13-5-3-7-15(27)10-13/h3,5,7,10-12,18-19,25,27-28H,2,4,6,8-9H2,1H3,(H,26,29)(H,30,31). The van der Waals surface area contributed by atoms with E-state index in [4.69, 9.17) is 23.2 Å². The summed E-state index contributed by atoms with van der Waals surface area (Å²) in [5.74, 6) is -1.68. The topological polar surface area (TPSA) is 119 Å². The first-order valence-electron chi connectivity index (χ1n) is 9.86. The number of aliphatic carboxylic acids is 1. The third-order valence-corrected chi connectivity index (χ3v) is 5.43. The van der Waals surface area contributed by atoms with E-state index in [0.717, 1.165) is 24.0 Å². The summed E-state index contributed by atoms with van der Waals surface area (Å²) in [4.78, 5) is 24.1. The zero-order valence-electron chi connectivity index (χ0n) is 17.1. The third kappa shape index (κ3) is 7.70. The fourth-order valence-electron chi connectivity index (χ4n) is 3.15. The summed E-state index contributed by atoms with van der Waals surface area (Å²) in [7, 11) is 1.55. The van der Waals surface area contributed by atoms with Gasteiger partial charge in [-0.3, -0.25) is 10.1 Å². The number of carboxylic acid groups (broad SMARTS) is 1. The number of phenolic OH excluding ortho intramolecular Hbond substituents is 1. The summed E-state index contributed by atoms with van der Waals surface area (Å²) in [6.07, 6.45) is 1.52. The van der Waals surface area contributed by atoms with Gasteiger partial charge in [-0.05, 0) is 74.5 Å². The molecule has 0 aliphatic rings. The van der Waals surface area contributed by atoms with Crippen molar-refractivity contribution in [2.75, 3.05) is 7.05 Å². The maximum Gasteiger partial charge on any atom is 0.326 e. The quantitative estimate of drug-likeness (QED) is 0.322. The molecule has 2 rings (SSSR count). The number of aliphatic hydroxyl groups excluding tert-OH is 1. The Bertz CT molecular complexity index is 900. The van der Waals surface area contributed by atoms with E-state index in [0.29, 0.717) is 6.42 Å². The Kier molecular flexibility index (Phi) is 9.58. The van der Waals surface area contributed by atoms with Gasteiger partial charge in [0.15, 0.2) is 0 Å².